The first kappa shape index (κ1) is 73.4. The molecular weight excluding hydrogens is 972 g/mol. The number of amides is 1. The number of likely N-dealkylation sites (N-methyl/N-ethyl adjacent to an activating group) is 1. The molecule has 77 heavy (non-hydrogen) atoms. The number of aliphatic hydroxyl groups excluding tert-OH is 1. The third-order valence-electron chi connectivity index (χ3n) is 12.9. The zero-order valence-electron chi connectivity index (χ0n) is 49.9. The third kappa shape index (κ3) is 59.9. The molecule has 3 atom stereocenters. The third-order valence-corrected chi connectivity index (χ3v) is 13.8. The van der Waals surface area contributed by atoms with Crippen LogP contribution < -0.4 is 5.32 Å². The summed E-state index contributed by atoms with van der Waals surface area (Å²) in [5.74, 6) is -0.192. The molecule has 8 nitrogen and oxygen atoms in total. The van der Waals surface area contributed by atoms with Gasteiger partial charge in [-0.3, -0.25) is 13.8 Å². The van der Waals surface area contributed by atoms with E-state index in [2.05, 4.69) is 165 Å². The standard InChI is InChI=1S/C68H115N2O6P/c1-6-8-10-12-14-16-18-20-22-24-25-26-27-28-29-30-31-32-33-34-35-36-37-38-39-40-41-42-43-44-45-46-48-50-52-54-56-58-60-62-68(72)69-66(65-76-77(73,74)75-64-63-70(3,4)5)67(71)61-59-57-55-53-51-49-47-23-21-19-17-15-13-11-9-7-2/h8,10,14,16,20,22,25-26,28-29,31-32,34-35,37-38,40-41,43-44,46,48,52,54,66-67,71H,6-7,9,11-13,15,17-19,21,23-24,27,30,33,36,39,42,45,47,49-51,53,55-65H2,1-5H3,(H-,69,72,73,74)/p+1/b10-8-,16-14-,22-20-,26-25-,29-28-,32-31-,35-34-,38-37-,41-40-,44-43-,48-46-,54-52-. The molecule has 0 bridgehead atoms. The SMILES string of the molecule is CC/C=C\C/C=C\C/C=C\C/C=C\C/C=C\C/C=C\C/C=C\C/C=C\C/C=C\C/C=C\C/C=C\C/C=C\CCCCC(=O)NC(COP(=O)(O)OCC[N+](C)(C)C)C(O)CCCCCCCCCCCCCCCCCC. The summed E-state index contributed by atoms with van der Waals surface area (Å²) in [7, 11) is 1.57. The molecule has 0 aromatic heterocycles. The number of phosphoric ester groups is 1. The molecule has 0 aliphatic heterocycles. The van der Waals surface area contributed by atoms with Gasteiger partial charge in [0.2, 0.25) is 5.91 Å². The van der Waals surface area contributed by atoms with E-state index in [-0.39, 0.29) is 19.1 Å². The van der Waals surface area contributed by atoms with Gasteiger partial charge in [0, 0.05) is 6.42 Å². The van der Waals surface area contributed by atoms with Crippen molar-refractivity contribution in [2.45, 2.75) is 238 Å². The minimum atomic E-state index is -4.35. The molecule has 3 N–H and O–H groups in total. The van der Waals surface area contributed by atoms with Crippen LogP contribution in [-0.4, -0.2) is 73.4 Å². The fourth-order valence-corrected chi connectivity index (χ4v) is 8.82. The molecule has 3 unspecified atom stereocenters. The zero-order valence-corrected chi connectivity index (χ0v) is 50.8. The minimum absolute atomic E-state index is 0.0585. The summed E-state index contributed by atoms with van der Waals surface area (Å²) in [4.78, 5) is 23.3. The second-order valence-corrected chi connectivity index (χ2v) is 22.8. The number of nitrogens with one attached hydrogen (secondary N) is 1. The van der Waals surface area contributed by atoms with Gasteiger partial charge in [-0.15, -0.1) is 0 Å². The van der Waals surface area contributed by atoms with E-state index in [1.165, 1.54) is 83.5 Å². The number of unbranched alkanes of at least 4 members (excludes halogenated alkanes) is 17. The Hall–Kier alpha value is -3.62. The molecule has 0 aliphatic rings. The highest BCUT2D eigenvalue weighted by atomic mass is 31.2. The van der Waals surface area contributed by atoms with E-state index < -0.39 is 20.0 Å². The predicted octanol–water partition coefficient (Wildman–Crippen LogP) is 19.3. The van der Waals surface area contributed by atoms with Crippen molar-refractivity contribution in [1.82, 2.24) is 5.32 Å². The number of quaternary nitrogens is 1. The highest BCUT2D eigenvalue weighted by Gasteiger charge is 2.28. The van der Waals surface area contributed by atoms with Crippen LogP contribution in [0.4, 0.5) is 0 Å². The van der Waals surface area contributed by atoms with Gasteiger partial charge >= 0.3 is 7.82 Å². The number of carbonyl (C=O) groups excluding carboxylic acids is 1. The monoisotopic (exact) mass is 1090 g/mol. The van der Waals surface area contributed by atoms with E-state index in [1.807, 2.05) is 21.1 Å². The lowest BCUT2D eigenvalue weighted by Gasteiger charge is -2.26. The van der Waals surface area contributed by atoms with E-state index in [1.54, 1.807) is 0 Å². The van der Waals surface area contributed by atoms with Crippen molar-refractivity contribution in [3.63, 3.8) is 0 Å². The van der Waals surface area contributed by atoms with Crippen molar-refractivity contribution in [2.24, 2.45) is 0 Å². The number of hydrogen-bond acceptors (Lipinski definition) is 5. The lowest BCUT2D eigenvalue weighted by molar-refractivity contribution is -0.870. The summed E-state index contributed by atoms with van der Waals surface area (Å²) in [6, 6.07) is -0.795. The van der Waals surface area contributed by atoms with Gasteiger partial charge in [0.15, 0.2) is 0 Å². The molecule has 0 spiro atoms. The number of nitrogens with zero attached hydrogens (tertiary/aromatic N) is 1. The van der Waals surface area contributed by atoms with Crippen LogP contribution in [0.25, 0.3) is 0 Å². The summed E-state index contributed by atoms with van der Waals surface area (Å²) in [5.41, 5.74) is 0. The fraction of sp³-hybridized carbons (Fsp3) is 0.632. The minimum Gasteiger partial charge on any atom is -0.391 e. The molecular formula is C68H116N2O6P+. The molecule has 9 heteroatoms. The number of carbonyl (C=O) groups is 1. The number of aliphatic hydroxyl groups is 1. The van der Waals surface area contributed by atoms with Crippen LogP contribution in [-0.2, 0) is 18.4 Å². The Morgan fingerprint density at radius 2 is 0.779 bits per heavy atom. The second-order valence-electron chi connectivity index (χ2n) is 21.3. The van der Waals surface area contributed by atoms with Crippen molar-refractivity contribution in [3.8, 4) is 0 Å². The highest BCUT2D eigenvalue weighted by molar-refractivity contribution is 7.47. The first-order valence-electron chi connectivity index (χ1n) is 30.7. The summed E-state index contributed by atoms with van der Waals surface area (Å²) < 4.78 is 23.7. The number of allylic oxidation sites excluding steroid dienone is 24. The molecule has 0 radical (unpaired) electrons. The fourth-order valence-electron chi connectivity index (χ4n) is 8.09. The number of phosphoric acid groups is 1. The zero-order chi connectivity index (χ0) is 56.3. The van der Waals surface area contributed by atoms with Crippen LogP contribution in [0.5, 0.6) is 0 Å². The van der Waals surface area contributed by atoms with Crippen LogP contribution in [0.3, 0.4) is 0 Å². The molecule has 0 fully saturated rings. The summed E-state index contributed by atoms with van der Waals surface area (Å²) in [5, 5.41) is 14.0. The van der Waals surface area contributed by atoms with Gasteiger partial charge in [-0.25, -0.2) is 4.57 Å². The number of rotatable bonds is 54. The van der Waals surface area contributed by atoms with E-state index >= 15 is 0 Å². The van der Waals surface area contributed by atoms with Crippen molar-refractivity contribution in [3.05, 3.63) is 146 Å². The lowest BCUT2D eigenvalue weighted by atomic mass is 10.0. The number of hydrogen-bond donors (Lipinski definition) is 3. The molecule has 0 saturated heterocycles. The van der Waals surface area contributed by atoms with Crippen molar-refractivity contribution < 1.29 is 32.9 Å². The Morgan fingerprint density at radius 1 is 0.455 bits per heavy atom. The van der Waals surface area contributed by atoms with Crippen LogP contribution in [0, 0.1) is 0 Å². The van der Waals surface area contributed by atoms with E-state index in [4.69, 9.17) is 9.05 Å². The molecule has 0 heterocycles. The van der Waals surface area contributed by atoms with Gasteiger partial charge in [-0.1, -0.05) is 262 Å². The predicted molar refractivity (Wildman–Crippen MR) is 336 cm³/mol. The van der Waals surface area contributed by atoms with Crippen LogP contribution in [0.2, 0.25) is 0 Å². The Balaban J connectivity index is 4.24. The van der Waals surface area contributed by atoms with Gasteiger partial charge < -0.3 is 19.8 Å². The van der Waals surface area contributed by atoms with Gasteiger partial charge in [0.05, 0.1) is 39.9 Å². The van der Waals surface area contributed by atoms with Crippen LogP contribution in [0.15, 0.2) is 146 Å². The summed E-state index contributed by atoms with van der Waals surface area (Å²) in [6.07, 6.45) is 87.7. The summed E-state index contributed by atoms with van der Waals surface area (Å²) in [6.45, 7) is 4.73. The van der Waals surface area contributed by atoms with Crippen molar-refractivity contribution in [2.75, 3.05) is 40.9 Å². The molecule has 0 aromatic carbocycles. The van der Waals surface area contributed by atoms with Gasteiger partial charge in [0.1, 0.15) is 13.2 Å². The molecule has 0 rings (SSSR count). The maximum absolute atomic E-state index is 13.0. The van der Waals surface area contributed by atoms with E-state index in [9.17, 15) is 19.4 Å². The Bertz CT molecular complexity index is 1760. The normalized spacial score (nSPS) is 14.8. The molecule has 0 aliphatic carbocycles. The second kappa shape index (κ2) is 57.1. The van der Waals surface area contributed by atoms with Gasteiger partial charge in [0.25, 0.3) is 0 Å². The molecule has 0 saturated carbocycles. The molecule has 1 amide bonds. The average Bonchev–Trinajstić information content (AvgIpc) is 3.39. The molecule has 438 valence electrons. The van der Waals surface area contributed by atoms with Crippen LogP contribution in [0.1, 0.15) is 226 Å². The van der Waals surface area contributed by atoms with Gasteiger partial charge in [-0.2, -0.15) is 0 Å². The Labute approximate surface area is 474 Å². The smallest absolute Gasteiger partial charge is 0.391 e. The van der Waals surface area contributed by atoms with E-state index in [0.717, 1.165) is 109 Å². The Morgan fingerprint density at radius 3 is 1.12 bits per heavy atom. The van der Waals surface area contributed by atoms with Crippen molar-refractivity contribution in [1.29, 1.82) is 0 Å². The Kier molecular flexibility index (Phi) is 54.4. The maximum Gasteiger partial charge on any atom is 0.472 e. The topological polar surface area (TPSA) is 105 Å². The lowest BCUT2D eigenvalue weighted by Crippen LogP contribution is -2.46. The quantitative estimate of drug-likeness (QED) is 0.0243. The largest absolute Gasteiger partial charge is 0.472 e. The highest BCUT2D eigenvalue weighted by Crippen LogP contribution is 2.43. The van der Waals surface area contributed by atoms with Gasteiger partial charge in [-0.05, 0) is 103 Å². The summed E-state index contributed by atoms with van der Waals surface area (Å²) >= 11 is 0. The first-order chi connectivity index (χ1) is 37.5. The first-order valence-corrected chi connectivity index (χ1v) is 32.2. The maximum atomic E-state index is 13.0. The van der Waals surface area contributed by atoms with Crippen molar-refractivity contribution >= 4 is 13.7 Å². The average molecular weight is 1090 g/mol. The van der Waals surface area contributed by atoms with Crippen LogP contribution >= 0.6 is 7.82 Å². The molecule has 0 aromatic rings. The van der Waals surface area contributed by atoms with E-state index in [0.29, 0.717) is 30.3 Å².